The molecule has 2 N–H and O–H groups in total. The fourth-order valence-corrected chi connectivity index (χ4v) is 4.08. The summed E-state index contributed by atoms with van der Waals surface area (Å²) in [6.45, 7) is 16.0. The van der Waals surface area contributed by atoms with Crippen molar-refractivity contribution in [2.75, 3.05) is 26.2 Å². The SMILES string of the molecule is C=C(/C=C\C(O)=C/C)C(CO)N1CCC(N(CCC)C(CC)CC)CC1. The van der Waals surface area contributed by atoms with Crippen molar-refractivity contribution in [3.63, 3.8) is 0 Å². The predicted octanol–water partition coefficient (Wildman–Crippen LogP) is 4.29. The third kappa shape index (κ3) is 6.57. The third-order valence-corrected chi connectivity index (χ3v) is 5.67. The lowest BCUT2D eigenvalue weighted by molar-refractivity contribution is 0.0487. The molecular weight excluding hydrogens is 324 g/mol. The van der Waals surface area contributed by atoms with Gasteiger partial charge in [0.25, 0.3) is 0 Å². The average molecular weight is 365 g/mol. The van der Waals surface area contributed by atoms with Crippen LogP contribution in [0.4, 0.5) is 0 Å². The highest BCUT2D eigenvalue weighted by Gasteiger charge is 2.30. The van der Waals surface area contributed by atoms with Crippen molar-refractivity contribution in [1.82, 2.24) is 9.80 Å². The lowest BCUT2D eigenvalue weighted by atomic mass is 9.96. The highest BCUT2D eigenvalue weighted by Crippen LogP contribution is 2.24. The summed E-state index contributed by atoms with van der Waals surface area (Å²) in [5.41, 5.74) is 0.852. The van der Waals surface area contributed by atoms with Crippen LogP contribution in [0, 0.1) is 0 Å². The molecule has 1 atom stereocenters. The maximum atomic E-state index is 9.87. The molecule has 0 aromatic carbocycles. The van der Waals surface area contributed by atoms with Gasteiger partial charge in [0.2, 0.25) is 0 Å². The molecule has 1 saturated heterocycles. The molecule has 4 heteroatoms. The minimum atomic E-state index is -0.0652. The summed E-state index contributed by atoms with van der Waals surface area (Å²) in [6, 6.07) is 1.26. The predicted molar refractivity (Wildman–Crippen MR) is 112 cm³/mol. The lowest BCUT2D eigenvalue weighted by Gasteiger charge is -2.44. The maximum absolute atomic E-state index is 9.87. The van der Waals surface area contributed by atoms with Gasteiger partial charge < -0.3 is 10.2 Å². The number of hydrogen-bond donors (Lipinski definition) is 2. The topological polar surface area (TPSA) is 46.9 Å². The third-order valence-electron chi connectivity index (χ3n) is 5.67. The Balaban J connectivity index is 2.69. The number of rotatable bonds is 11. The van der Waals surface area contributed by atoms with Crippen LogP contribution >= 0.6 is 0 Å². The van der Waals surface area contributed by atoms with Crippen molar-refractivity contribution in [3.05, 3.63) is 36.1 Å². The van der Waals surface area contributed by atoms with Crippen LogP contribution in [0.3, 0.4) is 0 Å². The summed E-state index contributed by atoms with van der Waals surface area (Å²) in [4.78, 5) is 5.07. The van der Waals surface area contributed by atoms with Gasteiger partial charge in [0, 0.05) is 25.2 Å². The van der Waals surface area contributed by atoms with E-state index in [9.17, 15) is 10.2 Å². The molecule has 1 aliphatic rings. The van der Waals surface area contributed by atoms with E-state index in [1.54, 1.807) is 19.1 Å². The van der Waals surface area contributed by atoms with Crippen LogP contribution in [-0.4, -0.2) is 64.4 Å². The summed E-state index contributed by atoms with van der Waals surface area (Å²) in [5, 5.41) is 19.4. The first kappa shape index (κ1) is 22.9. The minimum Gasteiger partial charge on any atom is -0.508 e. The van der Waals surface area contributed by atoms with Gasteiger partial charge >= 0.3 is 0 Å². The van der Waals surface area contributed by atoms with Gasteiger partial charge in [-0.25, -0.2) is 0 Å². The molecule has 0 amide bonds. The second-order valence-corrected chi connectivity index (χ2v) is 7.30. The number of nitrogens with zero attached hydrogens (tertiary/aromatic N) is 2. The molecule has 4 nitrogen and oxygen atoms in total. The molecule has 1 heterocycles. The van der Waals surface area contributed by atoms with E-state index in [0.29, 0.717) is 12.1 Å². The first-order chi connectivity index (χ1) is 12.5. The summed E-state index contributed by atoms with van der Waals surface area (Å²) >= 11 is 0. The Bertz CT molecular complexity index is 461. The number of aliphatic hydroxyl groups excluding tert-OH is 2. The lowest BCUT2D eigenvalue weighted by Crippen LogP contribution is -2.52. The van der Waals surface area contributed by atoms with Gasteiger partial charge in [-0.15, -0.1) is 0 Å². The molecule has 0 spiro atoms. The van der Waals surface area contributed by atoms with E-state index >= 15 is 0 Å². The molecule has 1 fully saturated rings. The second kappa shape index (κ2) is 12.3. The van der Waals surface area contributed by atoms with E-state index in [1.165, 1.54) is 25.8 Å². The van der Waals surface area contributed by atoms with Crippen LogP contribution in [0.25, 0.3) is 0 Å². The molecule has 1 unspecified atom stereocenters. The number of allylic oxidation sites excluding steroid dienone is 2. The average Bonchev–Trinajstić information content (AvgIpc) is 2.67. The standard InChI is InChI=1S/C22H40N2O2/c1-6-14-24(19(7-2)8-3)20-12-15-23(16-13-20)22(17-25)18(5)10-11-21(26)9-4/h9-11,19-20,22,25-26H,5-8,12-17H2,1-4H3/b11-10-,21-9+. The Morgan fingerprint density at radius 1 is 1.19 bits per heavy atom. The number of likely N-dealkylation sites (tertiary alicyclic amines) is 1. The van der Waals surface area contributed by atoms with E-state index < -0.39 is 0 Å². The second-order valence-electron chi connectivity index (χ2n) is 7.30. The highest BCUT2D eigenvalue weighted by molar-refractivity contribution is 5.26. The molecule has 1 aliphatic heterocycles. The van der Waals surface area contributed by atoms with Crippen molar-refractivity contribution >= 4 is 0 Å². The Morgan fingerprint density at radius 2 is 1.81 bits per heavy atom. The molecule has 0 radical (unpaired) electrons. The molecule has 0 aromatic rings. The van der Waals surface area contributed by atoms with Gasteiger partial charge in [-0.1, -0.05) is 33.4 Å². The Kier molecular flexibility index (Phi) is 10.9. The van der Waals surface area contributed by atoms with E-state index in [0.717, 1.165) is 31.5 Å². The smallest absolute Gasteiger partial charge is 0.111 e. The summed E-state index contributed by atoms with van der Waals surface area (Å²) in [7, 11) is 0. The van der Waals surface area contributed by atoms with Crippen LogP contribution in [0.1, 0.15) is 59.8 Å². The highest BCUT2D eigenvalue weighted by atomic mass is 16.3. The van der Waals surface area contributed by atoms with Gasteiger partial charge in [-0.2, -0.15) is 0 Å². The maximum Gasteiger partial charge on any atom is 0.111 e. The summed E-state index contributed by atoms with van der Waals surface area (Å²) in [6.07, 6.45) is 11.0. The Hall–Kier alpha value is -1.10. The first-order valence-electron chi connectivity index (χ1n) is 10.3. The molecule has 0 bridgehead atoms. The number of hydrogen-bond acceptors (Lipinski definition) is 4. The van der Waals surface area contributed by atoms with Gasteiger partial charge in [0.15, 0.2) is 0 Å². The van der Waals surface area contributed by atoms with Crippen molar-refractivity contribution in [2.45, 2.75) is 77.9 Å². The molecule has 0 aromatic heterocycles. The molecule has 1 rings (SSSR count). The molecule has 150 valence electrons. The minimum absolute atomic E-state index is 0.0651. The Morgan fingerprint density at radius 3 is 2.27 bits per heavy atom. The van der Waals surface area contributed by atoms with Crippen LogP contribution in [-0.2, 0) is 0 Å². The van der Waals surface area contributed by atoms with E-state index in [2.05, 4.69) is 37.1 Å². The molecule has 0 aliphatic carbocycles. The van der Waals surface area contributed by atoms with Gasteiger partial charge in [0.05, 0.1) is 12.6 Å². The zero-order chi connectivity index (χ0) is 19.5. The van der Waals surface area contributed by atoms with Crippen LogP contribution in [0.2, 0.25) is 0 Å². The molecule has 26 heavy (non-hydrogen) atoms. The summed E-state index contributed by atoms with van der Waals surface area (Å²) in [5.74, 6) is 0.224. The molecular formula is C22H40N2O2. The number of piperidine rings is 1. The zero-order valence-corrected chi connectivity index (χ0v) is 17.3. The number of aliphatic hydroxyl groups is 2. The van der Waals surface area contributed by atoms with Crippen LogP contribution in [0.5, 0.6) is 0 Å². The monoisotopic (exact) mass is 364 g/mol. The largest absolute Gasteiger partial charge is 0.508 e. The van der Waals surface area contributed by atoms with Gasteiger partial charge in [-0.05, 0) is 63.3 Å². The van der Waals surface area contributed by atoms with Crippen molar-refractivity contribution in [1.29, 1.82) is 0 Å². The summed E-state index contributed by atoms with van der Waals surface area (Å²) < 4.78 is 0. The first-order valence-corrected chi connectivity index (χ1v) is 10.3. The van der Waals surface area contributed by atoms with Crippen molar-refractivity contribution in [3.8, 4) is 0 Å². The van der Waals surface area contributed by atoms with E-state index in [4.69, 9.17) is 0 Å². The zero-order valence-electron chi connectivity index (χ0n) is 17.3. The quantitative estimate of drug-likeness (QED) is 0.424. The van der Waals surface area contributed by atoms with E-state index in [-0.39, 0.29) is 18.4 Å². The van der Waals surface area contributed by atoms with Crippen molar-refractivity contribution < 1.29 is 10.2 Å². The van der Waals surface area contributed by atoms with Crippen LogP contribution < -0.4 is 0 Å². The molecule has 0 saturated carbocycles. The van der Waals surface area contributed by atoms with Gasteiger partial charge in [-0.3, -0.25) is 9.80 Å². The Labute approximate surface area is 160 Å². The fraction of sp³-hybridized carbons (Fsp3) is 0.727. The van der Waals surface area contributed by atoms with Crippen LogP contribution in [0.15, 0.2) is 36.1 Å². The fourth-order valence-electron chi connectivity index (χ4n) is 4.08. The normalized spacial score (nSPS) is 19.0. The van der Waals surface area contributed by atoms with Gasteiger partial charge in [0.1, 0.15) is 5.76 Å². The van der Waals surface area contributed by atoms with E-state index in [1.807, 2.05) is 6.08 Å². The van der Waals surface area contributed by atoms with Crippen molar-refractivity contribution in [2.24, 2.45) is 0 Å².